The Balaban J connectivity index is 2.42. The number of aromatic nitrogens is 1. The molecule has 1 heterocycles. The summed E-state index contributed by atoms with van der Waals surface area (Å²) in [5.74, 6) is -1.39. The molecule has 0 saturated carbocycles. The molecule has 1 amide bonds. The maximum atomic E-state index is 11.4. The van der Waals surface area contributed by atoms with Crippen molar-refractivity contribution in [1.82, 2.24) is 10.3 Å². The molecule has 6 nitrogen and oxygen atoms in total. The van der Waals surface area contributed by atoms with Crippen LogP contribution in [-0.2, 0) is 9.59 Å². The molecule has 6 heteroatoms. The second kappa shape index (κ2) is 5.64. The first-order valence-electron chi connectivity index (χ1n) is 6.15. The summed E-state index contributed by atoms with van der Waals surface area (Å²) in [4.78, 5) is 25.4. The first-order valence-corrected chi connectivity index (χ1v) is 6.15. The number of aromatic amines is 1. The van der Waals surface area contributed by atoms with E-state index >= 15 is 0 Å². The van der Waals surface area contributed by atoms with E-state index < -0.39 is 11.9 Å². The van der Waals surface area contributed by atoms with E-state index in [9.17, 15) is 14.7 Å². The minimum Gasteiger partial charge on any atom is -0.497 e. The number of carboxylic acids is 1. The van der Waals surface area contributed by atoms with Gasteiger partial charge in [-0.2, -0.15) is 0 Å². The lowest BCUT2D eigenvalue weighted by molar-refractivity contribution is -0.138. The predicted molar refractivity (Wildman–Crippen MR) is 73.9 cm³/mol. The van der Waals surface area contributed by atoms with E-state index in [-0.39, 0.29) is 12.5 Å². The molecule has 1 aromatic heterocycles. The van der Waals surface area contributed by atoms with Crippen LogP contribution in [0, 0.1) is 0 Å². The van der Waals surface area contributed by atoms with Crippen molar-refractivity contribution in [2.45, 2.75) is 12.8 Å². The van der Waals surface area contributed by atoms with Crippen LogP contribution in [0.3, 0.4) is 0 Å². The number of carbonyl (C=O) groups is 2. The summed E-state index contributed by atoms with van der Waals surface area (Å²) in [6.07, 6.45) is 1.66. The van der Waals surface area contributed by atoms with E-state index in [2.05, 4.69) is 10.3 Å². The fraction of sp³-hybridized carbons (Fsp3) is 0.286. The van der Waals surface area contributed by atoms with Crippen molar-refractivity contribution in [2.75, 3.05) is 13.7 Å². The van der Waals surface area contributed by atoms with Gasteiger partial charge >= 0.3 is 5.97 Å². The second-order valence-electron chi connectivity index (χ2n) is 4.48. The lowest BCUT2D eigenvalue weighted by atomic mass is 9.98. The molecule has 2 rings (SSSR count). The van der Waals surface area contributed by atoms with E-state index in [1.807, 2.05) is 6.07 Å². The zero-order valence-electron chi connectivity index (χ0n) is 11.3. The van der Waals surface area contributed by atoms with Gasteiger partial charge in [0, 0.05) is 30.6 Å². The molecule has 106 valence electrons. The van der Waals surface area contributed by atoms with Crippen LogP contribution in [0.2, 0.25) is 0 Å². The Labute approximate surface area is 115 Å². The summed E-state index contributed by atoms with van der Waals surface area (Å²) >= 11 is 0. The number of carbonyl (C=O) groups excluding carboxylic acids is 1. The van der Waals surface area contributed by atoms with Gasteiger partial charge in [-0.3, -0.25) is 9.59 Å². The highest BCUT2D eigenvalue weighted by Crippen LogP contribution is 2.28. The zero-order chi connectivity index (χ0) is 14.7. The van der Waals surface area contributed by atoms with Gasteiger partial charge in [0.1, 0.15) is 11.7 Å². The maximum Gasteiger partial charge on any atom is 0.312 e. The van der Waals surface area contributed by atoms with Crippen molar-refractivity contribution in [3.63, 3.8) is 0 Å². The van der Waals surface area contributed by atoms with Crippen molar-refractivity contribution in [3.8, 4) is 5.75 Å². The van der Waals surface area contributed by atoms with Crippen molar-refractivity contribution >= 4 is 22.8 Å². The van der Waals surface area contributed by atoms with Crippen molar-refractivity contribution in [2.24, 2.45) is 0 Å². The summed E-state index contributed by atoms with van der Waals surface area (Å²) < 4.78 is 5.15. The van der Waals surface area contributed by atoms with Crippen LogP contribution in [0.25, 0.3) is 10.9 Å². The molecular weight excluding hydrogens is 260 g/mol. The van der Waals surface area contributed by atoms with E-state index in [1.54, 1.807) is 25.4 Å². The summed E-state index contributed by atoms with van der Waals surface area (Å²) in [7, 11) is 1.56. The molecule has 0 spiro atoms. The van der Waals surface area contributed by atoms with Crippen LogP contribution in [0.5, 0.6) is 5.75 Å². The van der Waals surface area contributed by atoms with Gasteiger partial charge in [-0.05, 0) is 23.8 Å². The van der Waals surface area contributed by atoms with Gasteiger partial charge in [0.2, 0.25) is 5.91 Å². The van der Waals surface area contributed by atoms with Crippen molar-refractivity contribution < 1.29 is 19.4 Å². The molecule has 0 bridgehead atoms. The standard InChI is InChI=1S/C14H16N2O4/c1-8(17)15-7-12(14(18)19)11-6-16-13-4-3-9(20-2)5-10(11)13/h3-6,12,16H,7H2,1-2H3,(H,15,17)(H,18,19)/t12-/m1/s1. The molecular formula is C14H16N2O4. The predicted octanol–water partition coefficient (Wildman–Crippen LogP) is 1.48. The number of rotatable bonds is 5. The number of nitrogens with one attached hydrogen (secondary N) is 2. The second-order valence-corrected chi connectivity index (χ2v) is 4.48. The topological polar surface area (TPSA) is 91.4 Å². The normalized spacial score (nSPS) is 12.1. The molecule has 0 fully saturated rings. The molecule has 0 aliphatic carbocycles. The third-order valence-corrected chi connectivity index (χ3v) is 3.15. The number of aliphatic carboxylic acids is 1. The molecule has 1 atom stereocenters. The fourth-order valence-corrected chi connectivity index (χ4v) is 2.11. The Morgan fingerprint density at radius 2 is 2.20 bits per heavy atom. The molecule has 0 aliphatic rings. The summed E-state index contributed by atoms with van der Waals surface area (Å²) in [6, 6.07) is 5.41. The molecule has 0 saturated heterocycles. The van der Waals surface area contributed by atoms with Gasteiger partial charge in [-0.25, -0.2) is 0 Å². The Morgan fingerprint density at radius 3 is 2.80 bits per heavy atom. The molecule has 20 heavy (non-hydrogen) atoms. The van der Waals surface area contributed by atoms with Crippen LogP contribution in [0.4, 0.5) is 0 Å². The number of hydrogen-bond acceptors (Lipinski definition) is 3. The molecule has 0 radical (unpaired) electrons. The average molecular weight is 276 g/mol. The fourth-order valence-electron chi connectivity index (χ4n) is 2.11. The average Bonchev–Trinajstić information content (AvgIpc) is 2.81. The van der Waals surface area contributed by atoms with Crippen LogP contribution in [0.15, 0.2) is 24.4 Å². The highest BCUT2D eigenvalue weighted by atomic mass is 16.5. The number of ether oxygens (including phenoxy) is 1. The third-order valence-electron chi connectivity index (χ3n) is 3.15. The number of methoxy groups -OCH3 is 1. The summed E-state index contributed by atoms with van der Waals surface area (Å²) in [5.41, 5.74) is 1.45. The van der Waals surface area contributed by atoms with E-state index in [4.69, 9.17) is 4.74 Å². The SMILES string of the molecule is COc1ccc2[nH]cc([C@@H](CNC(C)=O)C(=O)O)c2c1. The van der Waals surface area contributed by atoms with Gasteiger partial charge in [0.05, 0.1) is 7.11 Å². The Kier molecular flexibility index (Phi) is 3.93. The van der Waals surface area contributed by atoms with E-state index in [1.165, 1.54) is 6.92 Å². The summed E-state index contributed by atoms with van der Waals surface area (Å²) in [5, 5.41) is 12.7. The number of H-pyrrole nitrogens is 1. The number of hydrogen-bond donors (Lipinski definition) is 3. The lowest BCUT2D eigenvalue weighted by Gasteiger charge is -2.12. The monoisotopic (exact) mass is 276 g/mol. The number of amides is 1. The maximum absolute atomic E-state index is 11.4. The lowest BCUT2D eigenvalue weighted by Crippen LogP contribution is -2.29. The van der Waals surface area contributed by atoms with Gasteiger partial charge in [-0.15, -0.1) is 0 Å². The Morgan fingerprint density at radius 1 is 1.45 bits per heavy atom. The minimum atomic E-state index is -0.984. The quantitative estimate of drug-likeness (QED) is 0.771. The van der Waals surface area contributed by atoms with Crippen LogP contribution in [-0.4, -0.2) is 35.6 Å². The van der Waals surface area contributed by atoms with Crippen LogP contribution < -0.4 is 10.1 Å². The highest BCUT2D eigenvalue weighted by molar-refractivity contribution is 5.90. The Bertz CT molecular complexity index is 648. The highest BCUT2D eigenvalue weighted by Gasteiger charge is 2.23. The van der Waals surface area contributed by atoms with Crippen LogP contribution in [0.1, 0.15) is 18.4 Å². The van der Waals surface area contributed by atoms with Crippen molar-refractivity contribution in [1.29, 1.82) is 0 Å². The molecule has 1 aromatic carbocycles. The largest absolute Gasteiger partial charge is 0.497 e. The third kappa shape index (κ3) is 2.74. The van der Waals surface area contributed by atoms with Gasteiger partial charge in [0.15, 0.2) is 0 Å². The molecule has 0 unspecified atom stereocenters. The van der Waals surface area contributed by atoms with Crippen molar-refractivity contribution in [3.05, 3.63) is 30.0 Å². The number of fused-ring (bicyclic) bond motifs is 1. The first-order chi connectivity index (χ1) is 9.52. The smallest absolute Gasteiger partial charge is 0.312 e. The minimum absolute atomic E-state index is 0.0504. The first kappa shape index (κ1) is 13.9. The van der Waals surface area contributed by atoms with E-state index in [0.717, 1.165) is 10.9 Å². The Hall–Kier alpha value is -2.50. The molecule has 2 aromatic rings. The number of carboxylic acid groups (broad SMARTS) is 1. The van der Waals surface area contributed by atoms with Gasteiger partial charge in [-0.1, -0.05) is 0 Å². The molecule has 0 aliphatic heterocycles. The zero-order valence-corrected chi connectivity index (χ0v) is 11.3. The number of benzene rings is 1. The van der Waals surface area contributed by atoms with Crippen LogP contribution >= 0.6 is 0 Å². The van der Waals surface area contributed by atoms with E-state index in [0.29, 0.717) is 11.3 Å². The van der Waals surface area contributed by atoms with Gasteiger partial charge in [0.25, 0.3) is 0 Å². The van der Waals surface area contributed by atoms with Gasteiger partial charge < -0.3 is 20.1 Å². The molecule has 3 N–H and O–H groups in total. The summed E-state index contributed by atoms with van der Waals surface area (Å²) in [6.45, 7) is 1.41.